The summed E-state index contributed by atoms with van der Waals surface area (Å²) in [6.45, 7) is 4.83. The summed E-state index contributed by atoms with van der Waals surface area (Å²) < 4.78 is 33.4. The van der Waals surface area contributed by atoms with Crippen LogP contribution in [0.1, 0.15) is 24.8 Å². The Hall–Kier alpha value is -0.660. The molecule has 1 aromatic carbocycles. The molecule has 4 rings (SSSR count). The second-order valence-electron chi connectivity index (χ2n) is 7.75. The number of fused-ring (bicyclic) bond motifs is 2. The van der Waals surface area contributed by atoms with Crippen LogP contribution in [0, 0.1) is 11.8 Å². The maximum absolute atomic E-state index is 13.1. The Morgan fingerprint density at radius 2 is 1.73 bits per heavy atom. The molecule has 0 radical (unpaired) electrons. The molecule has 0 aromatic heterocycles. The molecule has 1 aliphatic carbocycles. The third kappa shape index (κ3) is 3.80. The predicted molar refractivity (Wildman–Crippen MR) is 103 cm³/mol. The van der Waals surface area contributed by atoms with Gasteiger partial charge in [-0.3, -0.25) is 4.90 Å². The van der Waals surface area contributed by atoms with Gasteiger partial charge in [-0.25, -0.2) is 12.7 Å². The molecule has 7 heteroatoms. The van der Waals surface area contributed by atoms with E-state index in [0.717, 1.165) is 39.1 Å². The second-order valence-corrected chi connectivity index (χ2v) is 10.1. The molecule has 1 saturated carbocycles. The Kier molecular flexibility index (Phi) is 5.58. The van der Waals surface area contributed by atoms with Gasteiger partial charge in [-0.05, 0) is 36.3 Å². The van der Waals surface area contributed by atoms with Crippen molar-refractivity contribution in [3.05, 3.63) is 34.9 Å². The van der Waals surface area contributed by atoms with Crippen LogP contribution in [0.5, 0.6) is 0 Å². The van der Waals surface area contributed by atoms with E-state index >= 15 is 0 Å². The van der Waals surface area contributed by atoms with Gasteiger partial charge in [0.1, 0.15) is 0 Å². The largest absolute Gasteiger partial charge is 0.379 e. The molecule has 3 fully saturated rings. The lowest BCUT2D eigenvalue weighted by Crippen LogP contribution is -2.61. The SMILES string of the molecule is O=S(=O)(Cc1ccccc1Cl)N1CC2CCCC(C1)C2N1CCOCC1. The number of hydrogen-bond acceptors (Lipinski definition) is 4. The summed E-state index contributed by atoms with van der Waals surface area (Å²) in [7, 11) is -3.35. The molecule has 2 aliphatic heterocycles. The van der Waals surface area contributed by atoms with Gasteiger partial charge in [0.05, 0.1) is 19.0 Å². The number of piperidine rings is 1. The normalized spacial score (nSPS) is 31.0. The van der Waals surface area contributed by atoms with E-state index in [4.69, 9.17) is 16.3 Å². The van der Waals surface area contributed by atoms with Crippen LogP contribution in [0.4, 0.5) is 0 Å². The third-order valence-corrected chi connectivity index (χ3v) is 8.28. The number of hydrogen-bond donors (Lipinski definition) is 0. The summed E-state index contributed by atoms with van der Waals surface area (Å²) >= 11 is 6.19. The van der Waals surface area contributed by atoms with Crippen molar-refractivity contribution in [3.8, 4) is 0 Å². The Bertz CT molecular complexity index is 722. The van der Waals surface area contributed by atoms with Gasteiger partial charge < -0.3 is 4.74 Å². The van der Waals surface area contributed by atoms with Crippen LogP contribution in [0.15, 0.2) is 24.3 Å². The molecule has 3 aliphatic rings. The van der Waals surface area contributed by atoms with Crippen LogP contribution < -0.4 is 0 Å². The van der Waals surface area contributed by atoms with E-state index < -0.39 is 10.0 Å². The first-order valence-electron chi connectivity index (χ1n) is 9.57. The van der Waals surface area contributed by atoms with E-state index in [9.17, 15) is 8.42 Å². The standard InChI is InChI=1S/C19H27ClN2O3S/c20-18-7-2-1-4-17(18)14-26(23,24)22-12-15-5-3-6-16(13-22)19(15)21-8-10-25-11-9-21/h1-2,4,7,15-16,19H,3,5-6,8-14H2. The monoisotopic (exact) mass is 398 g/mol. The van der Waals surface area contributed by atoms with Gasteiger partial charge in [0.2, 0.25) is 10.0 Å². The van der Waals surface area contributed by atoms with E-state index in [0.29, 0.717) is 41.6 Å². The zero-order valence-corrected chi connectivity index (χ0v) is 16.6. The highest BCUT2D eigenvalue weighted by molar-refractivity contribution is 7.88. The van der Waals surface area contributed by atoms with Crippen molar-refractivity contribution in [2.75, 3.05) is 39.4 Å². The van der Waals surface area contributed by atoms with Gasteiger partial charge in [-0.15, -0.1) is 0 Å². The van der Waals surface area contributed by atoms with Crippen LogP contribution in [-0.4, -0.2) is 63.1 Å². The minimum atomic E-state index is -3.35. The zero-order valence-electron chi connectivity index (χ0n) is 15.0. The molecule has 5 nitrogen and oxygen atoms in total. The van der Waals surface area contributed by atoms with Crippen molar-refractivity contribution in [2.45, 2.75) is 31.1 Å². The molecule has 2 unspecified atom stereocenters. The number of ether oxygens (including phenoxy) is 1. The summed E-state index contributed by atoms with van der Waals surface area (Å²) in [6.07, 6.45) is 3.46. The van der Waals surface area contributed by atoms with E-state index in [1.807, 2.05) is 12.1 Å². The highest BCUT2D eigenvalue weighted by Crippen LogP contribution is 2.39. The quantitative estimate of drug-likeness (QED) is 0.782. The molecule has 2 saturated heterocycles. The number of morpholine rings is 1. The van der Waals surface area contributed by atoms with Gasteiger partial charge in [0.25, 0.3) is 0 Å². The van der Waals surface area contributed by atoms with Gasteiger partial charge >= 0.3 is 0 Å². The van der Waals surface area contributed by atoms with Crippen LogP contribution in [-0.2, 0) is 20.5 Å². The second kappa shape index (κ2) is 7.76. The first kappa shape index (κ1) is 18.7. The van der Waals surface area contributed by atoms with E-state index in [1.165, 1.54) is 6.42 Å². The van der Waals surface area contributed by atoms with Crippen LogP contribution in [0.3, 0.4) is 0 Å². The Labute approximate surface area is 161 Å². The molecule has 2 bridgehead atoms. The molecular formula is C19H27ClN2O3S. The van der Waals surface area contributed by atoms with Crippen molar-refractivity contribution < 1.29 is 13.2 Å². The summed E-state index contributed by atoms with van der Waals surface area (Å²) in [6, 6.07) is 7.75. The van der Waals surface area contributed by atoms with Gasteiger partial charge in [-0.2, -0.15) is 0 Å². The van der Waals surface area contributed by atoms with Crippen molar-refractivity contribution in [1.29, 1.82) is 0 Å². The smallest absolute Gasteiger partial charge is 0.218 e. The van der Waals surface area contributed by atoms with Gasteiger partial charge in [0, 0.05) is 37.2 Å². The number of benzene rings is 1. The molecule has 0 N–H and O–H groups in total. The van der Waals surface area contributed by atoms with Gasteiger partial charge in [-0.1, -0.05) is 36.2 Å². The topological polar surface area (TPSA) is 49.9 Å². The van der Waals surface area contributed by atoms with Crippen LogP contribution >= 0.6 is 11.6 Å². The first-order valence-corrected chi connectivity index (χ1v) is 11.6. The Morgan fingerprint density at radius 1 is 1.08 bits per heavy atom. The summed E-state index contributed by atoms with van der Waals surface area (Å²) in [4.78, 5) is 2.55. The summed E-state index contributed by atoms with van der Waals surface area (Å²) in [5.41, 5.74) is 0.689. The zero-order chi connectivity index (χ0) is 18.1. The Balaban J connectivity index is 1.50. The van der Waals surface area contributed by atoms with Crippen LogP contribution in [0.25, 0.3) is 0 Å². The lowest BCUT2D eigenvalue weighted by atomic mass is 9.73. The molecule has 0 amide bonds. The highest BCUT2D eigenvalue weighted by atomic mass is 35.5. The predicted octanol–water partition coefficient (Wildman–Crippen LogP) is 2.60. The average molecular weight is 399 g/mol. The number of halogens is 1. The third-order valence-electron chi connectivity index (χ3n) is 6.15. The lowest BCUT2D eigenvalue weighted by molar-refractivity contribution is -0.0480. The molecule has 0 spiro atoms. The Morgan fingerprint density at radius 3 is 2.38 bits per heavy atom. The maximum Gasteiger partial charge on any atom is 0.218 e. The number of rotatable bonds is 4. The van der Waals surface area contributed by atoms with E-state index in [1.54, 1.807) is 16.4 Å². The molecule has 2 heterocycles. The average Bonchev–Trinajstić information content (AvgIpc) is 2.63. The molecule has 1 aromatic rings. The molecule has 144 valence electrons. The fraction of sp³-hybridized carbons (Fsp3) is 0.684. The van der Waals surface area contributed by atoms with Crippen molar-refractivity contribution in [2.24, 2.45) is 11.8 Å². The number of sulfonamides is 1. The summed E-state index contributed by atoms with van der Waals surface area (Å²) in [5.74, 6) is 0.858. The number of nitrogens with zero attached hydrogens (tertiary/aromatic N) is 2. The highest BCUT2D eigenvalue weighted by Gasteiger charge is 2.45. The van der Waals surface area contributed by atoms with Crippen LogP contribution in [0.2, 0.25) is 5.02 Å². The molecular weight excluding hydrogens is 372 g/mol. The van der Waals surface area contributed by atoms with E-state index in [-0.39, 0.29) is 5.75 Å². The first-order chi connectivity index (χ1) is 12.5. The van der Waals surface area contributed by atoms with Crippen molar-refractivity contribution in [1.82, 2.24) is 9.21 Å². The lowest BCUT2D eigenvalue weighted by Gasteiger charge is -2.51. The fourth-order valence-electron chi connectivity index (χ4n) is 4.97. The van der Waals surface area contributed by atoms with Crippen molar-refractivity contribution >= 4 is 21.6 Å². The fourth-order valence-corrected chi connectivity index (χ4v) is 6.91. The molecule has 26 heavy (non-hydrogen) atoms. The maximum atomic E-state index is 13.1. The minimum Gasteiger partial charge on any atom is -0.379 e. The van der Waals surface area contributed by atoms with Crippen molar-refractivity contribution in [3.63, 3.8) is 0 Å². The minimum absolute atomic E-state index is 0.00562. The van der Waals surface area contributed by atoms with Gasteiger partial charge in [0.15, 0.2) is 0 Å². The summed E-state index contributed by atoms with van der Waals surface area (Å²) in [5, 5.41) is 0.527. The van der Waals surface area contributed by atoms with E-state index in [2.05, 4.69) is 4.90 Å². The molecule has 2 atom stereocenters.